The van der Waals surface area contributed by atoms with Gasteiger partial charge < -0.3 is 19.5 Å². The van der Waals surface area contributed by atoms with Gasteiger partial charge in [0, 0.05) is 35.6 Å². The number of carbonyl (C=O) groups is 2. The lowest BCUT2D eigenvalue weighted by atomic mass is 9.75. The molecule has 0 amide bonds. The summed E-state index contributed by atoms with van der Waals surface area (Å²) >= 11 is 0. The highest BCUT2D eigenvalue weighted by Gasteiger charge is 2.40. The van der Waals surface area contributed by atoms with Gasteiger partial charge >= 0.3 is 5.97 Å². The van der Waals surface area contributed by atoms with Gasteiger partial charge in [0.25, 0.3) is 0 Å². The van der Waals surface area contributed by atoms with Gasteiger partial charge in [-0.25, -0.2) is 4.79 Å². The van der Waals surface area contributed by atoms with Gasteiger partial charge in [-0.2, -0.15) is 0 Å². The molecule has 162 valence electrons. The van der Waals surface area contributed by atoms with Crippen LogP contribution in [0.25, 0.3) is 0 Å². The van der Waals surface area contributed by atoms with E-state index in [0.29, 0.717) is 42.2 Å². The van der Waals surface area contributed by atoms with E-state index in [2.05, 4.69) is 5.32 Å². The maximum atomic E-state index is 13.1. The summed E-state index contributed by atoms with van der Waals surface area (Å²) in [5, 5.41) is 3.31. The zero-order chi connectivity index (χ0) is 21.7. The number of allylic oxidation sites excluding steroid dienone is 3. The summed E-state index contributed by atoms with van der Waals surface area (Å²) in [7, 11) is 0. The number of ether oxygens (including phenoxy) is 3. The molecule has 1 aliphatic carbocycles. The molecule has 30 heavy (non-hydrogen) atoms. The van der Waals surface area contributed by atoms with E-state index in [0.717, 1.165) is 24.1 Å². The van der Waals surface area contributed by atoms with E-state index < -0.39 is 11.9 Å². The molecule has 0 aromatic heterocycles. The second-order valence-electron chi connectivity index (χ2n) is 7.80. The zero-order valence-corrected chi connectivity index (χ0v) is 18.2. The van der Waals surface area contributed by atoms with Crippen molar-refractivity contribution in [2.24, 2.45) is 0 Å². The minimum Gasteiger partial charge on any atom is -0.491 e. The molecule has 6 heteroatoms. The molecule has 1 aromatic carbocycles. The summed E-state index contributed by atoms with van der Waals surface area (Å²) in [5.41, 5.74) is 3.54. The monoisotopic (exact) mass is 413 g/mol. The van der Waals surface area contributed by atoms with Crippen LogP contribution in [-0.4, -0.2) is 37.7 Å². The molecule has 1 N–H and O–H groups in total. The first-order chi connectivity index (χ1) is 14.4. The number of Topliss-reactive ketones (excluding diaryl/α,β-unsaturated/α-hetero) is 1. The van der Waals surface area contributed by atoms with E-state index in [1.165, 1.54) is 0 Å². The third kappa shape index (κ3) is 4.75. The first-order valence-electron chi connectivity index (χ1n) is 10.7. The molecule has 1 atom stereocenters. The van der Waals surface area contributed by atoms with Crippen LogP contribution in [0.1, 0.15) is 58.4 Å². The Morgan fingerprint density at radius 1 is 1.20 bits per heavy atom. The highest BCUT2D eigenvalue weighted by Crippen LogP contribution is 2.45. The molecule has 0 bridgehead atoms. The molecule has 0 saturated carbocycles. The maximum Gasteiger partial charge on any atom is 0.336 e. The van der Waals surface area contributed by atoms with Crippen molar-refractivity contribution in [3.8, 4) is 5.75 Å². The smallest absolute Gasteiger partial charge is 0.336 e. The molecule has 1 heterocycles. The van der Waals surface area contributed by atoms with Crippen molar-refractivity contribution in [1.29, 1.82) is 0 Å². The Hall–Kier alpha value is -2.60. The average molecular weight is 414 g/mol. The Morgan fingerprint density at radius 3 is 2.70 bits per heavy atom. The number of hydrogen-bond acceptors (Lipinski definition) is 6. The van der Waals surface area contributed by atoms with Crippen LogP contribution in [0.5, 0.6) is 5.75 Å². The predicted octanol–water partition coefficient (Wildman–Crippen LogP) is 4.02. The molecule has 0 unspecified atom stereocenters. The van der Waals surface area contributed by atoms with Gasteiger partial charge in [-0.05, 0) is 46.6 Å². The lowest BCUT2D eigenvalue weighted by Crippen LogP contribution is -2.35. The molecule has 0 radical (unpaired) electrons. The second kappa shape index (κ2) is 9.94. The molecule has 0 saturated heterocycles. The van der Waals surface area contributed by atoms with Gasteiger partial charge in [0.1, 0.15) is 12.4 Å². The van der Waals surface area contributed by atoms with Gasteiger partial charge in [0.2, 0.25) is 0 Å². The summed E-state index contributed by atoms with van der Waals surface area (Å²) < 4.78 is 16.8. The van der Waals surface area contributed by atoms with Crippen molar-refractivity contribution in [2.75, 3.05) is 19.8 Å². The fourth-order valence-corrected chi connectivity index (χ4v) is 4.06. The van der Waals surface area contributed by atoms with Crippen molar-refractivity contribution >= 4 is 11.8 Å². The van der Waals surface area contributed by atoms with Crippen LogP contribution in [0.15, 0.2) is 46.8 Å². The molecule has 1 aliphatic heterocycles. The Balaban J connectivity index is 2.05. The Morgan fingerprint density at radius 2 is 1.97 bits per heavy atom. The van der Waals surface area contributed by atoms with Crippen molar-refractivity contribution in [2.45, 2.75) is 59.0 Å². The number of dihydropyridines is 1. The molecule has 0 spiro atoms. The van der Waals surface area contributed by atoms with Crippen LogP contribution >= 0.6 is 0 Å². The van der Waals surface area contributed by atoms with Gasteiger partial charge in [0.05, 0.1) is 24.2 Å². The van der Waals surface area contributed by atoms with Crippen LogP contribution in [0.4, 0.5) is 0 Å². The number of hydrogen-bond donors (Lipinski definition) is 1. The van der Waals surface area contributed by atoms with E-state index in [4.69, 9.17) is 14.2 Å². The topological polar surface area (TPSA) is 73.9 Å². The fourth-order valence-electron chi connectivity index (χ4n) is 4.06. The number of nitrogens with one attached hydrogen (secondary N) is 1. The van der Waals surface area contributed by atoms with Gasteiger partial charge in [-0.1, -0.05) is 18.2 Å². The maximum absolute atomic E-state index is 13.1. The largest absolute Gasteiger partial charge is 0.491 e. The third-order valence-corrected chi connectivity index (χ3v) is 5.25. The number of ketones is 1. The highest BCUT2D eigenvalue weighted by atomic mass is 16.6. The molecular weight excluding hydrogens is 382 g/mol. The summed E-state index contributed by atoms with van der Waals surface area (Å²) in [6.45, 7) is 8.74. The Kier molecular flexibility index (Phi) is 7.32. The summed E-state index contributed by atoms with van der Waals surface area (Å²) in [6.07, 6.45) is 2.04. The minimum atomic E-state index is -0.511. The van der Waals surface area contributed by atoms with Crippen LogP contribution in [0.2, 0.25) is 0 Å². The van der Waals surface area contributed by atoms with E-state index in [1.54, 1.807) is 0 Å². The van der Waals surface area contributed by atoms with Crippen molar-refractivity contribution in [3.63, 3.8) is 0 Å². The van der Waals surface area contributed by atoms with E-state index in [1.807, 2.05) is 52.0 Å². The molecule has 2 aliphatic rings. The number of esters is 1. The van der Waals surface area contributed by atoms with Crippen molar-refractivity contribution in [3.05, 3.63) is 52.4 Å². The van der Waals surface area contributed by atoms with Crippen LogP contribution in [0.3, 0.4) is 0 Å². The first-order valence-corrected chi connectivity index (χ1v) is 10.7. The molecule has 6 nitrogen and oxygen atoms in total. The average Bonchev–Trinajstić information content (AvgIpc) is 2.70. The van der Waals surface area contributed by atoms with E-state index in [9.17, 15) is 9.59 Å². The second-order valence-corrected chi connectivity index (χ2v) is 7.80. The van der Waals surface area contributed by atoms with Crippen LogP contribution in [-0.2, 0) is 19.1 Å². The molecular formula is C24H31NO5. The van der Waals surface area contributed by atoms with Crippen LogP contribution in [0, 0.1) is 0 Å². The summed E-state index contributed by atoms with van der Waals surface area (Å²) in [5.74, 6) is -0.199. The lowest BCUT2D eigenvalue weighted by molar-refractivity contribution is -0.140. The van der Waals surface area contributed by atoms with Crippen LogP contribution < -0.4 is 10.1 Å². The number of benzene rings is 1. The Labute approximate surface area is 178 Å². The minimum absolute atomic E-state index is 0.0324. The SMILES string of the molecule is CCOCCOC(=O)C1=C(C)NC2=C(C(=O)CCC2)[C@H]1c1ccccc1OC(C)C. The van der Waals surface area contributed by atoms with E-state index in [-0.39, 0.29) is 18.5 Å². The predicted molar refractivity (Wildman–Crippen MR) is 114 cm³/mol. The molecule has 3 rings (SSSR count). The normalized spacial score (nSPS) is 19.0. The lowest BCUT2D eigenvalue weighted by Gasteiger charge is -2.35. The standard InChI is InChI=1S/C24H31NO5/c1-5-28-13-14-29-24(27)21-16(4)25-18-10-8-11-19(26)23(18)22(21)17-9-6-7-12-20(17)30-15(2)3/h6-7,9,12,15,22,25H,5,8,10-11,13-14H2,1-4H3/t22-/m0/s1. The highest BCUT2D eigenvalue weighted by molar-refractivity contribution is 6.04. The first kappa shape index (κ1) is 22.1. The van der Waals surface area contributed by atoms with Crippen molar-refractivity contribution < 1.29 is 23.8 Å². The third-order valence-electron chi connectivity index (χ3n) is 5.25. The number of para-hydroxylation sites is 1. The van der Waals surface area contributed by atoms with Crippen molar-refractivity contribution in [1.82, 2.24) is 5.32 Å². The zero-order valence-electron chi connectivity index (χ0n) is 18.2. The van der Waals surface area contributed by atoms with Gasteiger partial charge in [-0.3, -0.25) is 4.79 Å². The number of carbonyl (C=O) groups excluding carboxylic acids is 2. The summed E-state index contributed by atoms with van der Waals surface area (Å²) in [4.78, 5) is 26.1. The molecule has 0 fully saturated rings. The molecule has 1 aromatic rings. The number of rotatable bonds is 8. The quantitative estimate of drug-likeness (QED) is 0.513. The fraction of sp³-hybridized carbons (Fsp3) is 0.500. The van der Waals surface area contributed by atoms with E-state index >= 15 is 0 Å². The Bertz CT molecular complexity index is 868. The van der Waals surface area contributed by atoms with Gasteiger partial charge in [0.15, 0.2) is 5.78 Å². The van der Waals surface area contributed by atoms with Gasteiger partial charge in [-0.15, -0.1) is 0 Å². The summed E-state index contributed by atoms with van der Waals surface area (Å²) in [6, 6.07) is 7.63.